The first-order chi connectivity index (χ1) is 9.45. The van der Waals surface area contributed by atoms with Crippen molar-refractivity contribution in [3.8, 4) is 0 Å². The lowest BCUT2D eigenvalue weighted by atomic mass is 10.1. The molecule has 5 nitrogen and oxygen atoms in total. The Labute approximate surface area is 118 Å². The van der Waals surface area contributed by atoms with Gasteiger partial charge in [0.15, 0.2) is 0 Å². The minimum absolute atomic E-state index is 0.201. The van der Waals surface area contributed by atoms with Crippen molar-refractivity contribution in [2.24, 2.45) is 5.14 Å². The molecule has 108 valence electrons. The van der Waals surface area contributed by atoms with Crippen molar-refractivity contribution in [1.29, 1.82) is 0 Å². The van der Waals surface area contributed by atoms with Crippen molar-refractivity contribution in [1.82, 2.24) is 5.32 Å². The Balaban J connectivity index is 1.80. The average molecular weight is 294 g/mol. The molecule has 20 heavy (non-hydrogen) atoms. The van der Waals surface area contributed by atoms with Gasteiger partial charge in [-0.05, 0) is 37.6 Å². The maximum atomic E-state index is 11.1. The molecule has 0 atom stereocenters. The largest absolute Gasteiger partial charge is 0.447 e. The summed E-state index contributed by atoms with van der Waals surface area (Å²) in [4.78, 5) is 0. The van der Waals surface area contributed by atoms with Gasteiger partial charge in [-0.3, -0.25) is 0 Å². The van der Waals surface area contributed by atoms with Gasteiger partial charge in [-0.15, -0.1) is 0 Å². The predicted octanol–water partition coefficient (Wildman–Crippen LogP) is 1.57. The van der Waals surface area contributed by atoms with Gasteiger partial charge in [0, 0.05) is 0 Å². The van der Waals surface area contributed by atoms with Gasteiger partial charge in [-0.1, -0.05) is 29.8 Å². The Morgan fingerprint density at radius 3 is 2.70 bits per heavy atom. The molecular weight excluding hydrogens is 276 g/mol. The molecule has 0 saturated carbocycles. The summed E-state index contributed by atoms with van der Waals surface area (Å²) in [5, 5.41) is 7.98. The topological polar surface area (TPSA) is 85.3 Å². The average Bonchev–Trinajstić information content (AvgIpc) is 2.83. The van der Waals surface area contributed by atoms with Gasteiger partial charge in [0.05, 0.1) is 6.54 Å². The van der Waals surface area contributed by atoms with Crippen molar-refractivity contribution in [2.45, 2.75) is 25.0 Å². The van der Waals surface area contributed by atoms with Gasteiger partial charge in [-0.25, -0.2) is 13.6 Å². The fraction of sp³-hybridized carbons (Fsp3) is 0.286. The zero-order chi connectivity index (χ0) is 14.6. The van der Waals surface area contributed by atoms with E-state index in [9.17, 15) is 8.42 Å². The van der Waals surface area contributed by atoms with Crippen LogP contribution in [0, 0.1) is 6.92 Å². The van der Waals surface area contributed by atoms with Crippen LogP contribution >= 0.6 is 0 Å². The molecule has 0 aliphatic carbocycles. The monoisotopic (exact) mass is 294 g/mol. The van der Waals surface area contributed by atoms with Gasteiger partial charge in [0.2, 0.25) is 5.09 Å². The van der Waals surface area contributed by atoms with Gasteiger partial charge in [0.1, 0.15) is 5.76 Å². The highest BCUT2D eigenvalue weighted by atomic mass is 32.2. The third kappa shape index (κ3) is 4.19. The molecule has 2 aromatic rings. The highest BCUT2D eigenvalue weighted by molar-refractivity contribution is 7.89. The lowest BCUT2D eigenvalue weighted by molar-refractivity contribution is 0.403. The van der Waals surface area contributed by atoms with Crippen molar-refractivity contribution < 1.29 is 12.8 Å². The van der Waals surface area contributed by atoms with Crippen LogP contribution in [0.2, 0.25) is 0 Å². The molecule has 0 bridgehead atoms. The standard InChI is InChI=1S/C14H18N2O3S/c1-11-3-2-4-12(9-11)7-8-16-10-13-5-6-14(19-13)20(15,17)18/h2-6,9,16H,7-8,10H2,1H3,(H2,15,17,18). The first-order valence-electron chi connectivity index (χ1n) is 6.33. The number of hydrogen-bond acceptors (Lipinski definition) is 4. The number of nitrogens with one attached hydrogen (secondary N) is 1. The molecule has 0 aliphatic heterocycles. The number of sulfonamides is 1. The Kier molecular flexibility index (Phi) is 4.59. The molecule has 6 heteroatoms. The van der Waals surface area contributed by atoms with Crippen LogP contribution < -0.4 is 10.5 Å². The highest BCUT2D eigenvalue weighted by Gasteiger charge is 2.12. The summed E-state index contributed by atoms with van der Waals surface area (Å²) in [5.41, 5.74) is 2.51. The van der Waals surface area contributed by atoms with Gasteiger partial charge in [-0.2, -0.15) is 0 Å². The number of furan rings is 1. The molecular formula is C14H18N2O3S. The Morgan fingerprint density at radius 2 is 2.05 bits per heavy atom. The molecule has 0 amide bonds. The zero-order valence-electron chi connectivity index (χ0n) is 11.3. The summed E-state index contributed by atoms with van der Waals surface area (Å²) in [6.07, 6.45) is 0.907. The Hall–Kier alpha value is -1.63. The summed E-state index contributed by atoms with van der Waals surface area (Å²) >= 11 is 0. The van der Waals surface area contributed by atoms with Gasteiger partial charge in [0.25, 0.3) is 10.0 Å². The van der Waals surface area contributed by atoms with Gasteiger partial charge >= 0.3 is 0 Å². The zero-order valence-corrected chi connectivity index (χ0v) is 12.1. The Bertz CT molecular complexity index is 677. The molecule has 1 aromatic heterocycles. The number of primary sulfonamides is 1. The predicted molar refractivity (Wildman–Crippen MR) is 76.7 cm³/mol. The molecule has 0 saturated heterocycles. The van der Waals surface area contributed by atoms with E-state index in [0.29, 0.717) is 12.3 Å². The summed E-state index contributed by atoms with van der Waals surface area (Å²) in [5.74, 6) is 0.554. The first kappa shape index (κ1) is 14.8. The second-order valence-corrected chi connectivity index (χ2v) is 6.17. The summed E-state index contributed by atoms with van der Waals surface area (Å²) < 4.78 is 27.3. The summed E-state index contributed by atoms with van der Waals surface area (Å²) in [6.45, 7) is 3.32. The molecule has 0 unspecified atom stereocenters. The number of benzene rings is 1. The molecule has 0 fully saturated rings. The van der Waals surface area contributed by atoms with Crippen molar-refractivity contribution >= 4 is 10.0 Å². The Morgan fingerprint density at radius 1 is 1.25 bits per heavy atom. The van der Waals surface area contributed by atoms with Crippen LogP contribution in [0.1, 0.15) is 16.9 Å². The van der Waals surface area contributed by atoms with Crippen LogP contribution in [-0.4, -0.2) is 15.0 Å². The van der Waals surface area contributed by atoms with E-state index >= 15 is 0 Å². The summed E-state index contributed by atoms with van der Waals surface area (Å²) in [7, 11) is -3.75. The molecule has 1 heterocycles. The van der Waals surface area contributed by atoms with E-state index in [1.165, 1.54) is 17.2 Å². The van der Waals surface area contributed by atoms with E-state index in [-0.39, 0.29) is 5.09 Å². The second kappa shape index (κ2) is 6.21. The number of aryl methyl sites for hydroxylation is 1. The fourth-order valence-corrected chi connectivity index (χ4v) is 2.40. The molecule has 0 spiro atoms. The second-order valence-electron chi connectivity index (χ2n) is 4.68. The van der Waals surface area contributed by atoms with Crippen molar-refractivity contribution in [3.05, 3.63) is 53.3 Å². The maximum absolute atomic E-state index is 11.1. The first-order valence-corrected chi connectivity index (χ1v) is 7.87. The van der Waals surface area contributed by atoms with Crippen LogP contribution in [0.4, 0.5) is 0 Å². The van der Waals surface area contributed by atoms with E-state index in [1.807, 2.05) is 6.07 Å². The van der Waals surface area contributed by atoms with Crippen LogP contribution in [0.5, 0.6) is 0 Å². The van der Waals surface area contributed by atoms with Crippen molar-refractivity contribution in [3.63, 3.8) is 0 Å². The van der Waals surface area contributed by atoms with E-state index in [0.717, 1.165) is 13.0 Å². The lowest BCUT2D eigenvalue weighted by Crippen LogP contribution is -2.16. The van der Waals surface area contributed by atoms with E-state index in [1.54, 1.807) is 6.07 Å². The van der Waals surface area contributed by atoms with Crippen LogP contribution in [-0.2, 0) is 23.0 Å². The number of nitrogens with two attached hydrogens (primary N) is 1. The van der Waals surface area contributed by atoms with Crippen molar-refractivity contribution in [2.75, 3.05) is 6.54 Å². The van der Waals surface area contributed by atoms with Crippen LogP contribution in [0.25, 0.3) is 0 Å². The normalized spacial score (nSPS) is 11.7. The van der Waals surface area contributed by atoms with Gasteiger partial charge < -0.3 is 9.73 Å². The molecule has 0 radical (unpaired) electrons. The number of rotatable bonds is 6. The number of hydrogen-bond donors (Lipinski definition) is 2. The smallest absolute Gasteiger partial charge is 0.271 e. The van der Waals surface area contributed by atoms with E-state index in [4.69, 9.17) is 9.56 Å². The summed E-state index contributed by atoms with van der Waals surface area (Å²) in [6, 6.07) is 11.3. The molecule has 3 N–H and O–H groups in total. The van der Waals surface area contributed by atoms with E-state index < -0.39 is 10.0 Å². The lowest BCUT2D eigenvalue weighted by Gasteiger charge is -2.04. The van der Waals surface area contributed by atoms with Crippen LogP contribution in [0.15, 0.2) is 45.9 Å². The third-order valence-electron chi connectivity index (χ3n) is 2.89. The fourth-order valence-electron chi connectivity index (χ4n) is 1.92. The molecule has 0 aliphatic rings. The molecule has 2 rings (SSSR count). The van der Waals surface area contributed by atoms with E-state index in [2.05, 4.69) is 30.4 Å². The SMILES string of the molecule is Cc1cccc(CCNCc2ccc(S(N)(=O)=O)o2)c1. The maximum Gasteiger partial charge on any atom is 0.271 e. The highest BCUT2D eigenvalue weighted by Crippen LogP contribution is 2.11. The third-order valence-corrected chi connectivity index (χ3v) is 3.67. The quantitative estimate of drug-likeness (QED) is 0.792. The minimum atomic E-state index is -3.75. The molecule has 1 aromatic carbocycles. The van der Waals surface area contributed by atoms with Crippen LogP contribution in [0.3, 0.4) is 0 Å². The minimum Gasteiger partial charge on any atom is -0.447 e.